The van der Waals surface area contributed by atoms with E-state index in [1.165, 1.54) is 12.1 Å². The van der Waals surface area contributed by atoms with E-state index in [1.807, 2.05) is 56.3 Å². The Labute approximate surface area is 205 Å². The van der Waals surface area contributed by atoms with Gasteiger partial charge >= 0.3 is 0 Å². The molecule has 9 heteroatoms. The Morgan fingerprint density at radius 2 is 1.88 bits per heavy atom. The standard InChI is InChI=1S/C25H29NO6S2/c1-6-26-22-14-13-19(33-32-31-27)17-21(22)25(4,5)23(26)12-7-8-15-24(2,3)18-10-9-11-20(16-18)34(28,29)30/h7-17H,6H2,1-5H3,(H-,27,28,29,30)/p+1/b12-7+,15-8?. The zero-order valence-electron chi connectivity index (χ0n) is 19.8. The van der Waals surface area contributed by atoms with Gasteiger partial charge in [-0.05, 0) is 50.6 Å². The Bertz CT molecular complexity index is 1260. The summed E-state index contributed by atoms with van der Waals surface area (Å²) in [5.74, 6) is 0. The van der Waals surface area contributed by atoms with Crippen LogP contribution in [0.3, 0.4) is 0 Å². The fraction of sp³-hybridized carbons (Fsp3) is 0.320. The highest BCUT2D eigenvalue weighted by atomic mass is 32.2. The number of fused-ring (bicyclic) bond motifs is 1. The minimum Gasteiger partial charge on any atom is -0.282 e. The van der Waals surface area contributed by atoms with Gasteiger partial charge in [-0.2, -0.15) is 13.0 Å². The highest BCUT2D eigenvalue weighted by Gasteiger charge is 2.43. The van der Waals surface area contributed by atoms with Gasteiger partial charge in [0.1, 0.15) is 6.54 Å². The van der Waals surface area contributed by atoms with Crippen molar-refractivity contribution < 1.29 is 32.2 Å². The topological polar surface area (TPSA) is 96.1 Å². The molecule has 0 spiro atoms. The molecule has 7 nitrogen and oxygen atoms in total. The van der Waals surface area contributed by atoms with Gasteiger partial charge in [-0.1, -0.05) is 49.2 Å². The molecular formula is C25H30NO6S2+. The van der Waals surface area contributed by atoms with Gasteiger partial charge < -0.3 is 0 Å². The van der Waals surface area contributed by atoms with Gasteiger partial charge in [-0.15, -0.1) is 4.33 Å². The Balaban J connectivity index is 1.87. The normalized spacial score (nSPS) is 16.1. The second-order valence-electron chi connectivity index (χ2n) is 9.10. The monoisotopic (exact) mass is 504 g/mol. The van der Waals surface area contributed by atoms with Gasteiger partial charge in [0.25, 0.3) is 10.1 Å². The minimum absolute atomic E-state index is 0.116. The first-order valence-electron chi connectivity index (χ1n) is 10.8. The highest BCUT2D eigenvalue weighted by Crippen LogP contribution is 2.42. The van der Waals surface area contributed by atoms with E-state index in [1.54, 1.807) is 6.07 Å². The van der Waals surface area contributed by atoms with Gasteiger partial charge in [0.2, 0.25) is 5.69 Å². The van der Waals surface area contributed by atoms with E-state index in [9.17, 15) is 13.0 Å². The maximum atomic E-state index is 11.5. The third-order valence-corrected chi connectivity index (χ3v) is 7.52. The summed E-state index contributed by atoms with van der Waals surface area (Å²) in [6.45, 7) is 11.2. The smallest absolute Gasteiger partial charge is 0.282 e. The quantitative estimate of drug-likeness (QED) is 0.110. The molecule has 0 aliphatic carbocycles. The summed E-state index contributed by atoms with van der Waals surface area (Å²) in [5.41, 5.74) is 3.48. The second kappa shape index (κ2) is 10.2. The van der Waals surface area contributed by atoms with Crippen LogP contribution in [0.5, 0.6) is 0 Å². The first kappa shape index (κ1) is 26.3. The number of allylic oxidation sites excluding steroid dienone is 4. The lowest BCUT2D eigenvalue weighted by molar-refractivity contribution is -0.433. The zero-order valence-corrected chi connectivity index (χ0v) is 21.5. The van der Waals surface area contributed by atoms with Crippen molar-refractivity contribution in [2.75, 3.05) is 6.54 Å². The Hall–Kier alpha value is -2.27. The average Bonchev–Trinajstić information content (AvgIpc) is 3.00. The molecule has 0 atom stereocenters. The first-order chi connectivity index (χ1) is 15.9. The highest BCUT2D eigenvalue weighted by molar-refractivity contribution is 7.94. The molecule has 0 amide bonds. The van der Waals surface area contributed by atoms with Crippen LogP contribution in [-0.4, -0.2) is 35.1 Å². The van der Waals surface area contributed by atoms with Crippen molar-refractivity contribution in [1.82, 2.24) is 0 Å². The molecule has 2 aromatic rings. The number of hydrogen-bond acceptors (Lipinski definition) is 6. The van der Waals surface area contributed by atoms with Crippen LogP contribution in [-0.2, 0) is 30.3 Å². The van der Waals surface area contributed by atoms with Crippen molar-refractivity contribution in [1.29, 1.82) is 0 Å². The molecule has 1 aliphatic heterocycles. The minimum atomic E-state index is -4.25. The molecule has 2 N–H and O–H groups in total. The Morgan fingerprint density at radius 1 is 1.15 bits per heavy atom. The lowest BCUT2D eigenvalue weighted by atomic mass is 9.81. The maximum Gasteiger partial charge on any atom is 0.294 e. The molecule has 2 aromatic carbocycles. The zero-order chi connectivity index (χ0) is 25.1. The molecule has 0 saturated carbocycles. The van der Waals surface area contributed by atoms with E-state index in [0.717, 1.165) is 46.0 Å². The predicted molar refractivity (Wildman–Crippen MR) is 133 cm³/mol. The third kappa shape index (κ3) is 5.51. The largest absolute Gasteiger partial charge is 0.294 e. The van der Waals surface area contributed by atoms with E-state index in [0.29, 0.717) is 0 Å². The fourth-order valence-corrected chi connectivity index (χ4v) is 5.12. The van der Waals surface area contributed by atoms with Crippen LogP contribution in [0.25, 0.3) is 0 Å². The molecule has 1 heterocycles. The van der Waals surface area contributed by atoms with Crippen LogP contribution in [0.4, 0.5) is 5.69 Å². The Kier molecular flexibility index (Phi) is 7.86. The van der Waals surface area contributed by atoms with Gasteiger partial charge in [0.05, 0.1) is 22.4 Å². The third-order valence-electron chi connectivity index (χ3n) is 6.09. The average molecular weight is 505 g/mol. The van der Waals surface area contributed by atoms with Crippen LogP contribution < -0.4 is 0 Å². The van der Waals surface area contributed by atoms with Crippen molar-refractivity contribution in [3.05, 3.63) is 77.9 Å². The summed E-state index contributed by atoms with van der Waals surface area (Å²) in [7, 11) is -4.25. The molecule has 1 aliphatic rings. The van der Waals surface area contributed by atoms with Crippen molar-refractivity contribution in [3.63, 3.8) is 0 Å². The van der Waals surface area contributed by atoms with E-state index in [-0.39, 0.29) is 10.3 Å². The van der Waals surface area contributed by atoms with Crippen LogP contribution in [0, 0.1) is 0 Å². The van der Waals surface area contributed by atoms with Crippen molar-refractivity contribution >= 4 is 33.6 Å². The van der Waals surface area contributed by atoms with Crippen LogP contribution in [0.2, 0.25) is 0 Å². The molecule has 0 aromatic heterocycles. The summed E-state index contributed by atoms with van der Waals surface area (Å²) in [4.78, 5) is 0.700. The molecule has 3 rings (SSSR count). The van der Waals surface area contributed by atoms with Crippen LogP contribution in [0.1, 0.15) is 45.7 Å². The van der Waals surface area contributed by atoms with Crippen molar-refractivity contribution in [2.24, 2.45) is 0 Å². The van der Waals surface area contributed by atoms with Gasteiger partial charge in [0.15, 0.2) is 5.71 Å². The second-order valence-corrected chi connectivity index (χ2v) is 11.3. The number of hydrogen-bond donors (Lipinski definition) is 2. The number of nitrogens with zero attached hydrogens (tertiary/aromatic N) is 1. The molecule has 34 heavy (non-hydrogen) atoms. The summed E-state index contributed by atoms with van der Waals surface area (Å²) in [6, 6.07) is 12.3. The molecular weight excluding hydrogens is 474 g/mol. The summed E-state index contributed by atoms with van der Waals surface area (Å²) in [5, 5.41) is 12.2. The van der Waals surface area contributed by atoms with Crippen LogP contribution >= 0.6 is 12.0 Å². The molecule has 0 bridgehead atoms. The maximum absolute atomic E-state index is 11.5. The van der Waals surface area contributed by atoms with Crippen molar-refractivity contribution in [2.45, 2.75) is 55.2 Å². The molecule has 0 saturated heterocycles. The van der Waals surface area contributed by atoms with E-state index >= 15 is 0 Å². The van der Waals surface area contributed by atoms with E-state index < -0.39 is 15.5 Å². The first-order valence-corrected chi connectivity index (χ1v) is 13.0. The van der Waals surface area contributed by atoms with Crippen LogP contribution in [0.15, 0.2) is 76.6 Å². The van der Waals surface area contributed by atoms with Crippen molar-refractivity contribution in [3.8, 4) is 0 Å². The predicted octanol–water partition coefficient (Wildman–Crippen LogP) is 5.85. The lowest BCUT2D eigenvalue weighted by Crippen LogP contribution is -2.27. The lowest BCUT2D eigenvalue weighted by Gasteiger charge is -2.21. The fourth-order valence-electron chi connectivity index (χ4n) is 4.20. The summed E-state index contributed by atoms with van der Waals surface area (Å²) in [6.07, 6.45) is 8.02. The summed E-state index contributed by atoms with van der Waals surface area (Å²) < 4.78 is 39.2. The molecule has 0 fully saturated rings. The molecule has 0 radical (unpaired) electrons. The number of rotatable bonds is 9. The van der Waals surface area contributed by atoms with Gasteiger partial charge in [-0.25, -0.2) is 5.26 Å². The van der Waals surface area contributed by atoms with Gasteiger partial charge in [0, 0.05) is 28.0 Å². The van der Waals surface area contributed by atoms with E-state index in [2.05, 4.69) is 40.8 Å². The summed E-state index contributed by atoms with van der Waals surface area (Å²) >= 11 is 0.939. The van der Waals surface area contributed by atoms with Gasteiger partial charge in [-0.3, -0.25) is 4.55 Å². The SMILES string of the molecule is CC[N+]1=C(/C=C/C=CC(C)(C)c2cccc(S(=O)(=O)O)c2)C(C)(C)c2cc(SOOO)ccc21. The molecule has 0 unspecified atom stereocenters. The number of benzene rings is 2. The van der Waals surface area contributed by atoms with E-state index in [4.69, 9.17) is 5.26 Å². The molecule has 182 valence electrons. The Morgan fingerprint density at radius 3 is 2.53 bits per heavy atom.